The number of hydrogen-bond acceptors (Lipinski definition) is 7. The first kappa shape index (κ1) is 12.9. The van der Waals surface area contributed by atoms with Gasteiger partial charge in [-0.25, -0.2) is 4.98 Å². The Morgan fingerprint density at radius 2 is 2.15 bits per heavy atom. The highest BCUT2D eigenvalue weighted by atomic mass is 32.1. The summed E-state index contributed by atoms with van der Waals surface area (Å²) in [6.07, 6.45) is 0.661. The molecule has 104 valence electrons. The van der Waals surface area contributed by atoms with E-state index in [-0.39, 0.29) is 0 Å². The predicted molar refractivity (Wildman–Crippen MR) is 80.0 cm³/mol. The van der Waals surface area contributed by atoms with Gasteiger partial charge in [-0.15, -0.1) is 11.3 Å². The molecule has 20 heavy (non-hydrogen) atoms. The fraction of sp³-hybridized carbons (Fsp3) is 0.308. The maximum Gasteiger partial charge on any atom is 0.228 e. The molecule has 0 aliphatic carbocycles. The van der Waals surface area contributed by atoms with E-state index in [1.165, 1.54) is 0 Å². The Kier molecular flexibility index (Phi) is 3.27. The van der Waals surface area contributed by atoms with E-state index in [0.29, 0.717) is 24.7 Å². The zero-order chi connectivity index (χ0) is 14.1. The van der Waals surface area contributed by atoms with Gasteiger partial charge in [0.15, 0.2) is 5.82 Å². The molecule has 2 heterocycles. The molecule has 0 saturated heterocycles. The fourth-order valence-corrected chi connectivity index (χ4v) is 2.86. The molecule has 0 aliphatic heterocycles. The normalized spacial score (nSPS) is 11.1. The van der Waals surface area contributed by atoms with E-state index in [0.717, 1.165) is 26.6 Å². The quantitative estimate of drug-likeness (QED) is 0.717. The van der Waals surface area contributed by atoms with Gasteiger partial charge >= 0.3 is 0 Å². The van der Waals surface area contributed by atoms with Crippen LogP contribution < -0.4 is 11.1 Å². The summed E-state index contributed by atoms with van der Waals surface area (Å²) in [5.74, 6) is 1.28. The topological polar surface area (TPSA) is 89.9 Å². The Morgan fingerprint density at radius 3 is 2.90 bits per heavy atom. The Labute approximate surface area is 120 Å². The minimum Gasteiger partial charge on any atom is -0.397 e. The summed E-state index contributed by atoms with van der Waals surface area (Å²) in [4.78, 5) is 8.62. The Morgan fingerprint density at radius 1 is 1.30 bits per heavy atom. The third-order valence-electron chi connectivity index (χ3n) is 2.89. The SMILES string of the molecule is Cc1noc(CCNc2cc3nc(C)sc3cc2N)n1. The Hall–Kier alpha value is -2.15. The maximum atomic E-state index is 6.04. The molecule has 6 nitrogen and oxygen atoms in total. The molecular weight excluding hydrogens is 274 g/mol. The number of benzene rings is 1. The van der Waals surface area contributed by atoms with E-state index in [1.54, 1.807) is 18.3 Å². The van der Waals surface area contributed by atoms with E-state index in [9.17, 15) is 0 Å². The number of nitrogen functional groups attached to an aromatic ring is 1. The van der Waals surface area contributed by atoms with Crippen LogP contribution in [0.25, 0.3) is 10.2 Å². The van der Waals surface area contributed by atoms with E-state index in [2.05, 4.69) is 20.4 Å². The first-order valence-electron chi connectivity index (χ1n) is 6.31. The molecule has 0 atom stereocenters. The first-order valence-corrected chi connectivity index (χ1v) is 7.13. The molecule has 3 aromatic rings. The second-order valence-corrected chi connectivity index (χ2v) is 5.79. The van der Waals surface area contributed by atoms with Gasteiger partial charge in [0.05, 0.1) is 26.6 Å². The van der Waals surface area contributed by atoms with Gasteiger partial charge in [-0.2, -0.15) is 4.98 Å². The molecule has 2 aromatic heterocycles. The summed E-state index contributed by atoms with van der Waals surface area (Å²) in [6.45, 7) is 4.48. The van der Waals surface area contributed by atoms with Gasteiger partial charge in [0.2, 0.25) is 5.89 Å². The van der Waals surface area contributed by atoms with Crippen LogP contribution in [-0.2, 0) is 6.42 Å². The van der Waals surface area contributed by atoms with Crippen molar-refractivity contribution >= 4 is 32.9 Å². The Bertz CT molecular complexity index is 748. The third-order valence-corrected chi connectivity index (χ3v) is 3.82. The predicted octanol–water partition coefficient (Wildman–Crippen LogP) is 2.53. The molecule has 0 spiro atoms. The van der Waals surface area contributed by atoms with Crippen molar-refractivity contribution in [1.82, 2.24) is 15.1 Å². The lowest BCUT2D eigenvalue weighted by Gasteiger charge is -2.07. The number of fused-ring (bicyclic) bond motifs is 1. The zero-order valence-electron chi connectivity index (χ0n) is 11.3. The Balaban J connectivity index is 1.71. The lowest BCUT2D eigenvalue weighted by molar-refractivity contribution is 0.377. The van der Waals surface area contributed by atoms with E-state index in [4.69, 9.17) is 10.3 Å². The lowest BCUT2D eigenvalue weighted by atomic mass is 10.2. The second-order valence-electron chi connectivity index (χ2n) is 4.55. The van der Waals surface area contributed by atoms with Crippen molar-refractivity contribution in [3.05, 3.63) is 28.9 Å². The van der Waals surface area contributed by atoms with E-state index in [1.807, 2.05) is 19.1 Å². The van der Waals surface area contributed by atoms with Gasteiger partial charge in [0.1, 0.15) is 0 Å². The van der Waals surface area contributed by atoms with Crippen molar-refractivity contribution in [2.24, 2.45) is 0 Å². The zero-order valence-corrected chi connectivity index (χ0v) is 12.1. The van der Waals surface area contributed by atoms with Crippen LogP contribution in [0.2, 0.25) is 0 Å². The number of anilines is 2. The van der Waals surface area contributed by atoms with Gasteiger partial charge in [0.25, 0.3) is 0 Å². The van der Waals surface area contributed by atoms with E-state index >= 15 is 0 Å². The van der Waals surface area contributed by atoms with Crippen molar-refractivity contribution in [2.75, 3.05) is 17.6 Å². The van der Waals surface area contributed by atoms with Crippen molar-refractivity contribution < 1.29 is 4.52 Å². The van der Waals surface area contributed by atoms with Gasteiger partial charge in [-0.3, -0.25) is 0 Å². The molecule has 0 unspecified atom stereocenters. The third kappa shape index (κ3) is 2.57. The standard InChI is InChI=1S/C13H15N5OS/c1-7-16-13(19-18-7)3-4-15-10-6-11-12(5-9(10)14)20-8(2)17-11/h5-6,15H,3-4,14H2,1-2H3. The number of aromatic nitrogens is 3. The van der Waals surface area contributed by atoms with Gasteiger partial charge in [-0.1, -0.05) is 5.16 Å². The monoisotopic (exact) mass is 289 g/mol. The number of nitrogens with one attached hydrogen (secondary N) is 1. The number of nitrogens with zero attached hydrogens (tertiary/aromatic N) is 3. The van der Waals surface area contributed by atoms with Crippen LogP contribution in [0.5, 0.6) is 0 Å². The average molecular weight is 289 g/mol. The summed E-state index contributed by atoms with van der Waals surface area (Å²) >= 11 is 1.65. The number of nitrogens with two attached hydrogens (primary N) is 1. The largest absolute Gasteiger partial charge is 0.397 e. The van der Waals surface area contributed by atoms with Crippen LogP contribution in [-0.4, -0.2) is 21.7 Å². The van der Waals surface area contributed by atoms with Crippen LogP contribution in [0.15, 0.2) is 16.7 Å². The van der Waals surface area contributed by atoms with Crippen molar-refractivity contribution in [2.45, 2.75) is 20.3 Å². The smallest absolute Gasteiger partial charge is 0.228 e. The molecule has 3 N–H and O–H groups in total. The van der Waals surface area contributed by atoms with Gasteiger partial charge in [-0.05, 0) is 26.0 Å². The lowest BCUT2D eigenvalue weighted by Crippen LogP contribution is -2.07. The minimum absolute atomic E-state index is 0.624. The highest BCUT2D eigenvalue weighted by Crippen LogP contribution is 2.29. The van der Waals surface area contributed by atoms with Crippen molar-refractivity contribution in [1.29, 1.82) is 0 Å². The minimum atomic E-state index is 0.624. The molecule has 0 amide bonds. The number of thiazole rings is 1. The van der Waals surface area contributed by atoms with E-state index < -0.39 is 0 Å². The summed E-state index contributed by atoms with van der Waals surface area (Å²) in [6, 6.07) is 3.94. The molecule has 3 rings (SSSR count). The average Bonchev–Trinajstić information content (AvgIpc) is 2.95. The highest BCUT2D eigenvalue weighted by molar-refractivity contribution is 7.18. The summed E-state index contributed by atoms with van der Waals surface area (Å²) in [5.41, 5.74) is 8.63. The van der Waals surface area contributed by atoms with Crippen LogP contribution in [0, 0.1) is 13.8 Å². The molecule has 0 fully saturated rings. The highest BCUT2D eigenvalue weighted by Gasteiger charge is 2.07. The molecule has 0 saturated carbocycles. The summed E-state index contributed by atoms with van der Waals surface area (Å²) in [7, 11) is 0. The van der Waals surface area contributed by atoms with Crippen LogP contribution in [0.3, 0.4) is 0 Å². The molecule has 7 heteroatoms. The van der Waals surface area contributed by atoms with Crippen molar-refractivity contribution in [3.63, 3.8) is 0 Å². The van der Waals surface area contributed by atoms with Crippen molar-refractivity contribution in [3.8, 4) is 0 Å². The van der Waals surface area contributed by atoms with Crippen LogP contribution in [0.1, 0.15) is 16.7 Å². The van der Waals surface area contributed by atoms with Crippen LogP contribution in [0.4, 0.5) is 11.4 Å². The number of aryl methyl sites for hydroxylation is 2. The summed E-state index contributed by atoms with van der Waals surface area (Å²) in [5, 5.41) is 8.08. The van der Waals surface area contributed by atoms with Gasteiger partial charge < -0.3 is 15.6 Å². The fourth-order valence-electron chi connectivity index (χ4n) is 2.00. The molecular formula is C13H15N5OS. The number of hydrogen-bond donors (Lipinski definition) is 2. The van der Waals surface area contributed by atoms with Crippen LogP contribution >= 0.6 is 11.3 Å². The molecule has 0 radical (unpaired) electrons. The number of rotatable bonds is 4. The molecule has 0 bridgehead atoms. The summed E-state index contributed by atoms with van der Waals surface area (Å²) < 4.78 is 6.17. The second kappa shape index (κ2) is 5.09. The van der Waals surface area contributed by atoms with Gasteiger partial charge in [0, 0.05) is 13.0 Å². The molecule has 0 aliphatic rings. The first-order chi connectivity index (χ1) is 9.61. The molecule has 1 aromatic carbocycles. The maximum absolute atomic E-state index is 6.04.